The lowest BCUT2D eigenvalue weighted by molar-refractivity contribution is -0.123. The molecule has 1 aliphatic rings. The molecule has 2 amide bonds. The summed E-state index contributed by atoms with van der Waals surface area (Å²) in [5.41, 5.74) is -0.529. The van der Waals surface area contributed by atoms with Gasteiger partial charge in [-0.15, -0.1) is 0 Å². The normalized spacial score (nSPS) is 22.6. The molecule has 0 aromatic carbocycles. The predicted molar refractivity (Wildman–Crippen MR) is 87.6 cm³/mol. The zero-order valence-electron chi connectivity index (χ0n) is 14.6. The zero-order valence-corrected chi connectivity index (χ0v) is 14.6. The van der Waals surface area contributed by atoms with Crippen LogP contribution >= 0.6 is 0 Å². The van der Waals surface area contributed by atoms with Crippen LogP contribution in [0.4, 0.5) is 4.79 Å². The molecular formula is C17H29N3O3. The Morgan fingerprint density at radius 3 is 2.57 bits per heavy atom. The standard InChI is InChI=1S/C17H29N3O3/c1-12(9-10-18)19-15(21)11-13-7-5-6-8-14(13)20-16(22)23-17(2,3)4/h12-14H,5-9,11H2,1-4H3,(H,19,21)(H,20,22). The third-order valence-corrected chi connectivity index (χ3v) is 3.86. The largest absolute Gasteiger partial charge is 0.444 e. The van der Waals surface area contributed by atoms with Crippen LogP contribution in [0.2, 0.25) is 0 Å². The maximum absolute atomic E-state index is 12.1. The van der Waals surface area contributed by atoms with Crippen molar-refractivity contribution in [3.8, 4) is 6.07 Å². The maximum Gasteiger partial charge on any atom is 0.407 e. The highest BCUT2D eigenvalue weighted by molar-refractivity contribution is 5.76. The van der Waals surface area contributed by atoms with Crippen molar-refractivity contribution >= 4 is 12.0 Å². The SMILES string of the molecule is CC(CC#N)NC(=O)CC1CCCCC1NC(=O)OC(C)(C)C. The van der Waals surface area contributed by atoms with Crippen LogP contribution in [0.15, 0.2) is 0 Å². The summed E-state index contributed by atoms with van der Waals surface area (Å²) in [5.74, 6) is 0.0567. The second-order valence-electron chi connectivity index (χ2n) is 7.33. The highest BCUT2D eigenvalue weighted by Gasteiger charge is 2.30. The van der Waals surface area contributed by atoms with E-state index in [2.05, 4.69) is 10.6 Å². The number of carbonyl (C=O) groups excluding carboxylic acids is 2. The average Bonchev–Trinajstić information content (AvgIpc) is 2.38. The molecule has 0 bridgehead atoms. The number of ether oxygens (including phenoxy) is 1. The molecule has 130 valence electrons. The number of nitriles is 1. The van der Waals surface area contributed by atoms with Gasteiger partial charge in [0, 0.05) is 18.5 Å². The highest BCUT2D eigenvalue weighted by Crippen LogP contribution is 2.27. The van der Waals surface area contributed by atoms with Gasteiger partial charge >= 0.3 is 6.09 Å². The monoisotopic (exact) mass is 323 g/mol. The molecule has 6 heteroatoms. The van der Waals surface area contributed by atoms with Crippen LogP contribution in [-0.2, 0) is 9.53 Å². The molecule has 6 nitrogen and oxygen atoms in total. The summed E-state index contributed by atoms with van der Waals surface area (Å²) in [5, 5.41) is 14.4. The molecule has 0 aliphatic heterocycles. The molecule has 0 heterocycles. The van der Waals surface area contributed by atoms with Gasteiger partial charge in [-0.2, -0.15) is 5.26 Å². The predicted octanol–water partition coefficient (Wildman–Crippen LogP) is 2.88. The first-order valence-electron chi connectivity index (χ1n) is 8.37. The number of alkyl carbamates (subject to hydrolysis) is 1. The van der Waals surface area contributed by atoms with Crippen LogP contribution < -0.4 is 10.6 Å². The van der Waals surface area contributed by atoms with Crippen LogP contribution in [0.25, 0.3) is 0 Å². The fourth-order valence-corrected chi connectivity index (χ4v) is 2.86. The van der Waals surface area contributed by atoms with E-state index in [0.29, 0.717) is 12.8 Å². The lowest BCUT2D eigenvalue weighted by Crippen LogP contribution is -2.46. The van der Waals surface area contributed by atoms with Crippen LogP contribution in [0.1, 0.15) is 66.2 Å². The molecule has 0 aromatic heterocycles. The van der Waals surface area contributed by atoms with Crippen molar-refractivity contribution in [3.63, 3.8) is 0 Å². The highest BCUT2D eigenvalue weighted by atomic mass is 16.6. The smallest absolute Gasteiger partial charge is 0.407 e. The van der Waals surface area contributed by atoms with E-state index in [0.717, 1.165) is 25.7 Å². The van der Waals surface area contributed by atoms with Gasteiger partial charge in [0.1, 0.15) is 5.60 Å². The third kappa shape index (κ3) is 7.87. The minimum absolute atomic E-state index is 0.0318. The Balaban J connectivity index is 2.53. The molecule has 0 radical (unpaired) electrons. The number of rotatable bonds is 5. The summed E-state index contributed by atoms with van der Waals surface area (Å²) >= 11 is 0. The molecule has 3 unspecified atom stereocenters. The molecular weight excluding hydrogens is 294 g/mol. The average molecular weight is 323 g/mol. The minimum atomic E-state index is -0.529. The number of hydrogen-bond acceptors (Lipinski definition) is 4. The Morgan fingerprint density at radius 2 is 1.96 bits per heavy atom. The molecule has 0 saturated heterocycles. The molecule has 1 rings (SSSR count). The van der Waals surface area contributed by atoms with Crippen molar-refractivity contribution in [2.45, 2.75) is 83.9 Å². The van der Waals surface area contributed by atoms with Gasteiger partial charge in [-0.05, 0) is 46.5 Å². The third-order valence-electron chi connectivity index (χ3n) is 3.86. The van der Waals surface area contributed by atoms with Gasteiger partial charge in [-0.3, -0.25) is 4.79 Å². The molecule has 3 atom stereocenters. The lowest BCUT2D eigenvalue weighted by Gasteiger charge is -2.32. The van der Waals surface area contributed by atoms with E-state index in [1.165, 1.54) is 0 Å². The topological polar surface area (TPSA) is 91.2 Å². The van der Waals surface area contributed by atoms with Crippen molar-refractivity contribution < 1.29 is 14.3 Å². The van der Waals surface area contributed by atoms with Crippen molar-refractivity contribution in [3.05, 3.63) is 0 Å². The second kappa shape index (κ2) is 8.76. The summed E-state index contributed by atoms with van der Waals surface area (Å²) in [4.78, 5) is 24.0. The molecule has 2 N–H and O–H groups in total. The van der Waals surface area contributed by atoms with Gasteiger partial charge in [0.2, 0.25) is 5.91 Å². The summed E-state index contributed by atoms with van der Waals surface area (Å²) in [7, 11) is 0. The van der Waals surface area contributed by atoms with Crippen LogP contribution in [0.3, 0.4) is 0 Å². The molecule has 0 spiro atoms. The summed E-state index contributed by atoms with van der Waals surface area (Å²) in [6, 6.07) is 1.87. The van der Waals surface area contributed by atoms with E-state index in [4.69, 9.17) is 10.00 Å². The van der Waals surface area contributed by atoms with Crippen LogP contribution in [0.5, 0.6) is 0 Å². The fraction of sp³-hybridized carbons (Fsp3) is 0.824. The number of carbonyl (C=O) groups is 2. The summed E-state index contributed by atoms with van der Waals surface area (Å²) in [6.07, 6.45) is 4.15. The van der Waals surface area contributed by atoms with E-state index in [9.17, 15) is 9.59 Å². The fourth-order valence-electron chi connectivity index (χ4n) is 2.86. The Kier molecular flexibility index (Phi) is 7.34. The van der Waals surface area contributed by atoms with Gasteiger partial charge in [0.25, 0.3) is 0 Å². The zero-order chi connectivity index (χ0) is 17.5. The Morgan fingerprint density at radius 1 is 1.30 bits per heavy atom. The van der Waals surface area contributed by atoms with E-state index in [1.54, 1.807) is 0 Å². The Hall–Kier alpha value is -1.77. The van der Waals surface area contributed by atoms with Gasteiger partial charge in [0.05, 0.1) is 12.5 Å². The van der Waals surface area contributed by atoms with Crippen molar-refractivity contribution in [2.75, 3.05) is 0 Å². The number of nitrogens with zero attached hydrogens (tertiary/aromatic N) is 1. The molecule has 1 aliphatic carbocycles. The van der Waals surface area contributed by atoms with Gasteiger partial charge in [0.15, 0.2) is 0 Å². The number of amides is 2. The number of hydrogen-bond donors (Lipinski definition) is 2. The first-order chi connectivity index (χ1) is 10.7. The maximum atomic E-state index is 12.1. The van der Waals surface area contributed by atoms with Gasteiger partial charge in [-0.1, -0.05) is 12.8 Å². The molecule has 0 aromatic rings. The van der Waals surface area contributed by atoms with Gasteiger partial charge < -0.3 is 15.4 Å². The van der Waals surface area contributed by atoms with Crippen molar-refractivity contribution in [1.82, 2.24) is 10.6 Å². The van der Waals surface area contributed by atoms with E-state index in [1.807, 2.05) is 33.8 Å². The Bertz CT molecular complexity index is 451. The first kappa shape index (κ1) is 19.3. The molecule has 23 heavy (non-hydrogen) atoms. The molecule has 1 saturated carbocycles. The second-order valence-corrected chi connectivity index (χ2v) is 7.33. The number of nitrogens with one attached hydrogen (secondary N) is 2. The minimum Gasteiger partial charge on any atom is -0.444 e. The van der Waals surface area contributed by atoms with Crippen LogP contribution in [0, 0.1) is 17.2 Å². The Labute approximate surface area is 139 Å². The van der Waals surface area contributed by atoms with E-state index >= 15 is 0 Å². The van der Waals surface area contributed by atoms with Crippen molar-refractivity contribution in [1.29, 1.82) is 5.26 Å². The van der Waals surface area contributed by atoms with Gasteiger partial charge in [-0.25, -0.2) is 4.79 Å². The molecule has 1 fully saturated rings. The van der Waals surface area contributed by atoms with Crippen molar-refractivity contribution in [2.24, 2.45) is 5.92 Å². The quantitative estimate of drug-likeness (QED) is 0.814. The first-order valence-corrected chi connectivity index (χ1v) is 8.37. The van der Waals surface area contributed by atoms with Crippen LogP contribution in [-0.4, -0.2) is 29.7 Å². The lowest BCUT2D eigenvalue weighted by atomic mass is 9.82. The summed E-state index contributed by atoms with van der Waals surface area (Å²) in [6.45, 7) is 7.30. The van der Waals surface area contributed by atoms with E-state index in [-0.39, 0.29) is 23.9 Å². The van der Waals surface area contributed by atoms with E-state index < -0.39 is 11.7 Å². The summed E-state index contributed by atoms with van der Waals surface area (Å²) < 4.78 is 5.30.